The number of nitrogens with one attached hydrogen (secondary N) is 1. The molecule has 9 heteroatoms. The number of carboxylic acids is 1. The van der Waals surface area contributed by atoms with E-state index in [1.54, 1.807) is 7.05 Å². The average molecular weight is 287 g/mol. The Morgan fingerprint density at radius 3 is 2.72 bits per heavy atom. The summed E-state index contributed by atoms with van der Waals surface area (Å²) in [5.41, 5.74) is 0. The number of sulfonamides is 1. The maximum Gasteiger partial charge on any atom is 0.345 e. The molecule has 0 amide bonds. The molecule has 0 radical (unpaired) electrons. The Kier molecular flexibility index (Phi) is 3.09. The standard InChI is InChI=1S/C9H9N3O4S2/c1-12-5-6(4-10-12)18(15,16)11-8-3-2-7(17-8)9(13)14/h2-5,11H,1H3,(H,13,14). The Morgan fingerprint density at radius 1 is 1.50 bits per heavy atom. The summed E-state index contributed by atoms with van der Waals surface area (Å²) >= 11 is 0.852. The van der Waals surface area contributed by atoms with Crippen molar-refractivity contribution < 1.29 is 18.3 Å². The largest absolute Gasteiger partial charge is 0.477 e. The molecule has 2 rings (SSSR count). The molecule has 96 valence electrons. The van der Waals surface area contributed by atoms with Gasteiger partial charge in [-0.05, 0) is 12.1 Å². The number of carboxylic acid groups (broad SMARTS) is 1. The monoisotopic (exact) mass is 287 g/mol. The second kappa shape index (κ2) is 4.42. The number of rotatable bonds is 4. The first-order valence-corrected chi connectivity index (χ1v) is 7.03. The molecular weight excluding hydrogens is 278 g/mol. The van der Waals surface area contributed by atoms with Crippen molar-refractivity contribution in [2.75, 3.05) is 4.72 Å². The van der Waals surface area contributed by atoms with E-state index in [-0.39, 0.29) is 14.8 Å². The van der Waals surface area contributed by atoms with Crippen molar-refractivity contribution in [3.8, 4) is 0 Å². The van der Waals surface area contributed by atoms with Gasteiger partial charge in [-0.25, -0.2) is 13.2 Å². The molecule has 2 heterocycles. The molecule has 0 unspecified atom stereocenters. The summed E-state index contributed by atoms with van der Waals surface area (Å²) in [7, 11) is -2.12. The first-order valence-electron chi connectivity index (χ1n) is 4.73. The predicted molar refractivity (Wildman–Crippen MR) is 65.3 cm³/mol. The van der Waals surface area contributed by atoms with Gasteiger partial charge in [-0.15, -0.1) is 11.3 Å². The highest BCUT2D eigenvalue weighted by Crippen LogP contribution is 2.24. The maximum atomic E-state index is 11.9. The fraction of sp³-hybridized carbons (Fsp3) is 0.111. The Balaban J connectivity index is 2.25. The van der Waals surface area contributed by atoms with Crippen molar-refractivity contribution in [2.45, 2.75) is 4.90 Å². The van der Waals surface area contributed by atoms with Crippen LogP contribution >= 0.6 is 11.3 Å². The molecule has 2 N–H and O–H groups in total. The van der Waals surface area contributed by atoms with Crippen LogP contribution in [0.15, 0.2) is 29.4 Å². The number of anilines is 1. The van der Waals surface area contributed by atoms with Gasteiger partial charge in [0.15, 0.2) is 0 Å². The van der Waals surface area contributed by atoms with E-state index >= 15 is 0 Å². The van der Waals surface area contributed by atoms with Crippen molar-refractivity contribution in [2.24, 2.45) is 7.05 Å². The summed E-state index contributed by atoms with van der Waals surface area (Å²) in [6.45, 7) is 0. The number of thiophene rings is 1. The fourth-order valence-corrected chi connectivity index (χ4v) is 3.26. The summed E-state index contributed by atoms with van der Waals surface area (Å²) < 4.78 is 27.4. The Bertz CT molecular complexity index is 686. The lowest BCUT2D eigenvalue weighted by molar-refractivity contribution is 0.0702. The molecule has 2 aromatic rings. The van der Waals surface area contributed by atoms with Crippen LogP contribution in [0.2, 0.25) is 0 Å². The van der Waals surface area contributed by atoms with Gasteiger partial charge in [0.25, 0.3) is 10.0 Å². The van der Waals surface area contributed by atoms with Crippen LogP contribution in [0.5, 0.6) is 0 Å². The zero-order valence-electron chi connectivity index (χ0n) is 9.19. The number of aryl methyl sites for hydroxylation is 1. The number of carbonyl (C=O) groups is 1. The molecule has 0 aromatic carbocycles. The first kappa shape index (κ1) is 12.6. The number of nitrogens with zero attached hydrogens (tertiary/aromatic N) is 2. The molecule has 0 bridgehead atoms. The van der Waals surface area contributed by atoms with Gasteiger partial charge < -0.3 is 5.11 Å². The van der Waals surface area contributed by atoms with E-state index in [9.17, 15) is 13.2 Å². The highest BCUT2D eigenvalue weighted by molar-refractivity contribution is 7.93. The van der Waals surface area contributed by atoms with Gasteiger partial charge in [-0.2, -0.15) is 5.10 Å². The molecule has 0 fully saturated rings. The lowest BCUT2D eigenvalue weighted by Gasteiger charge is -2.02. The van der Waals surface area contributed by atoms with E-state index < -0.39 is 16.0 Å². The third-order valence-electron chi connectivity index (χ3n) is 2.04. The fourth-order valence-electron chi connectivity index (χ4n) is 1.24. The minimum Gasteiger partial charge on any atom is -0.477 e. The normalized spacial score (nSPS) is 11.4. The van der Waals surface area contributed by atoms with Crippen molar-refractivity contribution >= 4 is 32.3 Å². The van der Waals surface area contributed by atoms with Gasteiger partial charge in [0.1, 0.15) is 14.8 Å². The third kappa shape index (κ3) is 2.51. The van der Waals surface area contributed by atoms with Crippen LogP contribution < -0.4 is 4.72 Å². The van der Waals surface area contributed by atoms with Crippen LogP contribution in [-0.2, 0) is 17.1 Å². The van der Waals surface area contributed by atoms with Crippen molar-refractivity contribution in [1.29, 1.82) is 0 Å². The van der Waals surface area contributed by atoms with Gasteiger partial charge in [-0.1, -0.05) is 0 Å². The van der Waals surface area contributed by atoms with Crippen molar-refractivity contribution in [1.82, 2.24) is 9.78 Å². The van der Waals surface area contributed by atoms with E-state index in [1.807, 2.05) is 0 Å². The van der Waals surface area contributed by atoms with E-state index in [2.05, 4.69) is 9.82 Å². The Hall–Kier alpha value is -1.87. The number of hydrogen-bond donors (Lipinski definition) is 2. The van der Waals surface area contributed by atoms with E-state index in [4.69, 9.17) is 5.11 Å². The second-order valence-electron chi connectivity index (χ2n) is 3.42. The van der Waals surface area contributed by atoms with Crippen LogP contribution in [0, 0.1) is 0 Å². The predicted octanol–water partition coefficient (Wildman–Crippen LogP) is 0.981. The number of aromatic nitrogens is 2. The molecule has 18 heavy (non-hydrogen) atoms. The van der Waals surface area contributed by atoms with Gasteiger partial charge >= 0.3 is 5.97 Å². The molecule has 0 atom stereocenters. The van der Waals surface area contributed by atoms with Gasteiger partial charge in [0.2, 0.25) is 0 Å². The molecule has 7 nitrogen and oxygen atoms in total. The molecule has 0 saturated carbocycles. The second-order valence-corrected chi connectivity index (χ2v) is 6.19. The quantitative estimate of drug-likeness (QED) is 0.873. The topological polar surface area (TPSA) is 101 Å². The van der Waals surface area contributed by atoms with Crippen LogP contribution in [0.1, 0.15) is 9.67 Å². The molecule has 0 spiro atoms. The maximum absolute atomic E-state index is 11.9. The van der Waals surface area contributed by atoms with Crippen LogP contribution in [0.4, 0.5) is 5.00 Å². The average Bonchev–Trinajstić information content (AvgIpc) is 2.86. The first-order chi connectivity index (χ1) is 8.38. The van der Waals surface area contributed by atoms with Crippen molar-refractivity contribution in [3.05, 3.63) is 29.4 Å². The van der Waals surface area contributed by atoms with Gasteiger partial charge in [0, 0.05) is 13.2 Å². The zero-order chi connectivity index (χ0) is 13.3. The highest BCUT2D eigenvalue weighted by atomic mass is 32.2. The molecular formula is C9H9N3O4S2. The van der Waals surface area contributed by atoms with E-state index in [0.29, 0.717) is 0 Å². The van der Waals surface area contributed by atoms with Crippen molar-refractivity contribution in [3.63, 3.8) is 0 Å². The molecule has 0 aliphatic rings. The minimum atomic E-state index is -3.72. The number of aromatic carboxylic acids is 1. The lowest BCUT2D eigenvalue weighted by Crippen LogP contribution is -2.11. The third-order valence-corrected chi connectivity index (χ3v) is 4.48. The summed E-state index contributed by atoms with van der Waals surface area (Å²) in [6.07, 6.45) is 2.57. The summed E-state index contributed by atoms with van der Waals surface area (Å²) in [6, 6.07) is 2.75. The highest BCUT2D eigenvalue weighted by Gasteiger charge is 2.18. The molecule has 0 saturated heterocycles. The lowest BCUT2D eigenvalue weighted by atomic mass is 10.5. The molecule has 0 aliphatic carbocycles. The minimum absolute atomic E-state index is 0.0234. The van der Waals surface area contributed by atoms with Crippen LogP contribution in [0.3, 0.4) is 0 Å². The summed E-state index contributed by atoms with van der Waals surface area (Å²) in [5, 5.41) is 12.7. The zero-order valence-corrected chi connectivity index (χ0v) is 10.8. The number of hydrogen-bond acceptors (Lipinski definition) is 5. The van der Waals surface area contributed by atoms with Crippen LogP contribution in [0.25, 0.3) is 0 Å². The molecule has 0 aliphatic heterocycles. The van der Waals surface area contributed by atoms with E-state index in [0.717, 1.165) is 11.3 Å². The molecule has 2 aromatic heterocycles. The Morgan fingerprint density at radius 2 is 2.22 bits per heavy atom. The summed E-state index contributed by atoms with van der Waals surface area (Å²) in [5.74, 6) is -1.09. The smallest absolute Gasteiger partial charge is 0.345 e. The Labute approximate surface area is 107 Å². The van der Waals surface area contributed by atoms with Crippen LogP contribution in [-0.4, -0.2) is 29.3 Å². The van der Waals surface area contributed by atoms with E-state index in [1.165, 1.54) is 29.2 Å². The SMILES string of the molecule is Cn1cc(S(=O)(=O)Nc2ccc(C(=O)O)s2)cn1. The van der Waals surface area contributed by atoms with Gasteiger partial charge in [-0.3, -0.25) is 9.40 Å². The summed E-state index contributed by atoms with van der Waals surface area (Å²) in [4.78, 5) is 10.8. The van der Waals surface area contributed by atoms with Gasteiger partial charge in [0.05, 0.1) is 6.20 Å².